The number of thiocarbonyl (C=S) groups is 1. The number of nitrogens with one attached hydrogen (secondary N) is 2. The molecule has 0 spiro atoms. The molecule has 0 aliphatic rings. The monoisotopic (exact) mass is 299 g/mol. The fourth-order valence-corrected chi connectivity index (χ4v) is 2.39. The van der Waals surface area contributed by atoms with Crippen LogP contribution in [0.4, 0.5) is 5.82 Å². The van der Waals surface area contributed by atoms with Gasteiger partial charge >= 0.3 is 0 Å². The summed E-state index contributed by atoms with van der Waals surface area (Å²) in [6.07, 6.45) is 3.85. The molecule has 4 heteroatoms. The summed E-state index contributed by atoms with van der Waals surface area (Å²) in [5.41, 5.74) is 2.51. The van der Waals surface area contributed by atoms with Gasteiger partial charge in [-0.1, -0.05) is 30.3 Å². The van der Waals surface area contributed by atoms with Gasteiger partial charge in [0.05, 0.1) is 0 Å². The van der Waals surface area contributed by atoms with Crippen LogP contribution in [0.5, 0.6) is 0 Å². The highest BCUT2D eigenvalue weighted by Crippen LogP contribution is 2.07. The van der Waals surface area contributed by atoms with Crippen LogP contribution < -0.4 is 10.6 Å². The van der Waals surface area contributed by atoms with Crippen LogP contribution in [0, 0.1) is 6.92 Å². The van der Waals surface area contributed by atoms with Gasteiger partial charge in [-0.2, -0.15) is 0 Å². The minimum atomic E-state index is 0.315. The Bertz CT molecular complexity index is 584. The third-order valence-electron chi connectivity index (χ3n) is 3.24. The molecule has 110 valence electrons. The molecule has 2 N–H and O–H groups in total. The first kappa shape index (κ1) is 15.4. The van der Waals surface area contributed by atoms with E-state index in [0.717, 1.165) is 24.2 Å². The zero-order chi connectivity index (χ0) is 15.1. The maximum atomic E-state index is 5.32. The molecule has 1 atom stereocenters. The molecule has 2 aromatic rings. The summed E-state index contributed by atoms with van der Waals surface area (Å²) < 4.78 is 0. The molecule has 0 fully saturated rings. The molecule has 0 bridgehead atoms. The fourth-order valence-electron chi connectivity index (χ4n) is 2.08. The predicted octanol–water partition coefficient (Wildman–Crippen LogP) is 3.70. The van der Waals surface area contributed by atoms with Crippen molar-refractivity contribution in [3.8, 4) is 0 Å². The van der Waals surface area contributed by atoms with Crippen LogP contribution in [0.1, 0.15) is 24.5 Å². The Balaban J connectivity index is 1.77. The number of rotatable bonds is 5. The number of anilines is 1. The van der Waals surface area contributed by atoms with Crippen molar-refractivity contribution in [1.82, 2.24) is 10.3 Å². The lowest BCUT2D eigenvalue weighted by Crippen LogP contribution is -2.36. The summed E-state index contributed by atoms with van der Waals surface area (Å²) in [6, 6.07) is 14.7. The first-order valence-electron chi connectivity index (χ1n) is 7.17. The van der Waals surface area contributed by atoms with Crippen LogP contribution >= 0.6 is 12.2 Å². The van der Waals surface area contributed by atoms with E-state index in [0.29, 0.717) is 11.2 Å². The molecule has 0 aliphatic carbocycles. The Morgan fingerprint density at radius 2 is 2.00 bits per heavy atom. The topological polar surface area (TPSA) is 37.0 Å². The molecule has 0 saturated carbocycles. The molecule has 0 unspecified atom stereocenters. The van der Waals surface area contributed by atoms with Gasteiger partial charge in [-0.25, -0.2) is 4.98 Å². The van der Waals surface area contributed by atoms with Gasteiger partial charge in [-0.05, 0) is 62.2 Å². The number of aryl methyl sites for hydroxylation is 2. The third kappa shape index (κ3) is 5.52. The minimum Gasteiger partial charge on any atom is -0.360 e. The van der Waals surface area contributed by atoms with Gasteiger partial charge in [0, 0.05) is 12.2 Å². The predicted molar refractivity (Wildman–Crippen MR) is 92.6 cm³/mol. The van der Waals surface area contributed by atoms with Crippen molar-refractivity contribution in [1.29, 1.82) is 0 Å². The van der Waals surface area contributed by atoms with Gasteiger partial charge in [0.25, 0.3) is 0 Å². The lowest BCUT2D eigenvalue weighted by atomic mass is 10.1. The second-order valence-electron chi connectivity index (χ2n) is 5.24. The quantitative estimate of drug-likeness (QED) is 0.826. The molecule has 1 aromatic heterocycles. The van der Waals surface area contributed by atoms with Crippen LogP contribution in [0.25, 0.3) is 0 Å². The molecule has 0 saturated heterocycles. The highest BCUT2D eigenvalue weighted by Gasteiger charge is 2.05. The van der Waals surface area contributed by atoms with Crippen molar-refractivity contribution in [2.45, 2.75) is 32.7 Å². The van der Waals surface area contributed by atoms with E-state index in [-0.39, 0.29) is 0 Å². The molecule has 21 heavy (non-hydrogen) atoms. The van der Waals surface area contributed by atoms with E-state index in [9.17, 15) is 0 Å². The van der Waals surface area contributed by atoms with Crippen molar-refractivity contribution in [3.63, 3.8) is 0 Å². The normalized spacial score (nSPS) is 11.7. The molecular weight excluding hydrogens is 278 g/mol. The summed E-state index contributed by atoms with van der Waals surface area (Å²) in [4.78, 5) is 4.24. The molecule has 0 amide bonds. The lowest BCUT2D eigenvalue weighted by Gasteiger charge is -2.16. The average molecular weight is 299 g/mol. The largest absolute Gasteiger partial charge is 0.360 e. The second kappa shape index (κ2) is 7.74. The number of aromatic nitrogens is 1. The van der Waals surface area contributed by atoms with Crippen LogP contribution in [-0.4, -0.2) is 16.1 Å². The number of hydrogen-bond acceptors (Lipinski definition) is 2. The molecule has 3 nitrogen and oxygen atoms in total. The molecule has 1 aromatic carbocycles. The summed E-state index contributed by atoms with van der Waals surface area (Å²) in [5.74, 6) is 0.780. The Morgan fingerprint density at radius 1 is 1.24 bits per heavy atom. The first-order chi connectivity index (χ1) is 10.1. The molecule has 1 heterocycles. The zero-order valence-corrected chi connectivity index (χ0v) is 13.3. The highest BCUT2D eigenvalue weighted by atomic mass is 32.1. The van der Waals surface area contributed by atoms with Crippen LogP contribution in [0.2, 0.25) is 0 Å². The third-order valence-corrected chi connectivity index (χ3v) is 3.46. The SMILES string of the molecule is Cc1ccnc(NC(=S)N[C@@H](C)CCc2ccccc2)c1. The van der Waals surface area contributed by atoms with E-state index in [1.165, 1.54) is 5.56 Å². The van der Waals surface area contributed by atoms with E-state index >= 15 is 0 Å². The van der Waals surface area contributed by atoms with Crippen molar-refractivity contribution in [2.24, 2.45) is 0 Å². The zero-order valence-electron chi connectivity index (χ0n) is 12.5. The van der Waals surface area contributed by atoms with Gasteiger partial charge < -0.3 is 10.6 Å². The number of pyridine rings is 1. The highest BCUT2D eigenvalue weighted by molar-refractivity contribution is 7.80. The standard InChI is InChI=1S/C17H21N3S/c1-13-10-11-18-16(12-13)20-17(21)19-14(2)8-9-15-6-4-3-5-7-15/h3-7,10-12,14H,8-9H2,1-2H3,(H2,18,19,20,21)/t14-/m0/s1. The molecular formula is C17H21N3S. The van der Waals surface area contributed by atoms with Gasteiger partial charge in [0.2, 0.25) is 0 Å². The molecule has 2 rings (SSSR count). The van der Waals surface area contributed by atoms with Gasteiger partial charge in [-0.3, -0.25) is 0 Å². The number of benzene rings is 1. The lowest BCUT2D eigenvalue weighted by molar-refractivity contribution is 0.609. The van der Waals surface area contributed by atoms with Crippen molar-refractivity contribution < 1.29 is 0 Å². The molecule has 0 radical (unpaired) electrons. The fraction of sp³-hybridized carbons (Fsp3) is 0.294. The van der Waals surface area contributed by atoms with Crippen molar-refractivity contribution in [3.05, 3.63) is 59.8 Å². The Morgan fingerprint density at radius 3 is 2.71 bits per heavy atom. The van der Waals surface area contributed by atoms with E-state index < -0.39 is 0 Å². The van der Waals surface area contributed by atoms with E-state index in [4.69, 9.17) is 12.2 Å². The Kier molecular flexibility index (Phi) is 5.69. The van der Waals surface area contributed by atoms with E-state index in [1.54, 1.807) is 6.20 Å². The van der Waals surface area contributed by atoms with Crippen molar-refractivity contribution >= 4 is 23.1 Å². The van der Waals surface area contributed by atoms with E-state index in [1.807, 2.05) is 25.1 Å². The van der Waals surface area contributed by atoms with Gasteiger partial charge in [0.1, 0.15) is 5.82 Å². The molecule has 0 aliphatic heterocycles. The Hall–Kier alpha value is -1.94. The Labute approximate surface area is 131 Å². The van der Waals surface area contributed by atoms with Crippen LogP contribution in [0.15, 0.2) is 48.7 Å². The number of hydrogen-bond donors (Lipinski definition) is 2. The second-order valence-corrected chi connectivity index (χ2v) is 5.65. The van der Waals surface area contributed by atoms with Gasteiger partial charge in [-0.15, -0.1) is 0 Å². The summed E-state index contributed by atoms with van der Waals surface area (Å²) in [7, 11) is 0. The van der Waals surface area contributed by atoms with E-state index in [2.05, 4.69) is 46.8 Å². The smallest absolute Gasteiger partial charge is 0.172 e. The maximum absolute atomic E-state index is 5.32. The minimum absolute atomic E-state index is 0.315. The summed E-state index contributed by atoms with van der Waals surface area (Å²) >= 11 is 5.32. The average Bonchev–Trinajstić information content (AvgIpc) is 2.46. The summed E-state index contributed by atoms with van der Waals surface area (Å²) in [5, 5.41) is 7.04. The van der Waals surface area contributed by atoms with Gasteiger partial charge in [0.15, 0.2) is 5.11 Å². The summed E-state index contributed by atoms with van der Waals surface area (Å²) in [6.45, 7) is 4.17. The van der Waals surface area contributed by atoms with Crippen LogP contribution in [-0.2, 0) is 6.42 Å². The van der Waals surface area contributed by atoms with Crippen LogP contribution in [0.3, 0.4) is 0 Å². The number of nitrogens with zero attached hydrogens (tertiary/aromatic N) is 1. The first-order valence-corrected chi connectivity index (χ1v) is 7.58. The van der Waals surface area contributed by atoms with Crippen molar-refractivity contribution in [2.75, 3.05) is 5.32 Å². The maximum Gasteiger partial charge on any atom is 0.172 e.